The van der Waals surface area contributed by atoms with Gasteiger partial charge in [0.05, 0.1) is 11.2 Å². The molecule has 0 saturated heterocycles. The standard InChI is InChI=1S/C16H14FN3O.K.H/c1-11-14(4-3-9-21)16(19(2)18-11)20-8-7-12-10-13(17)5-6-15(12)20;;/h3-10H,1-2H3;;/b4-3+;;. The summed E-state index contributed by atoms with van der Waals surface area (Å²) in [5, 5.41) is 5.22. The van der Waals surface area contributed by atoms with Crippen molar-refractivity contribution in [2.75, 3.05) is 0 Å². The average Bonchev–Trinajstić information content (AvgIpc) is 2.96. The predicted molar refractivity (Wildman–Crippen MR) is 87.0 cm³/mol. The molecule has 108 valence electrons. The molecule has 4 nitrogen and oxygen atoms in total. The summed E-state index contributed by atoms with van der Waals surface area (Å²) in [5.41, 5.74) is 2.58. The van der Waals surface area contributed by atoms with Crippen molar-refractivity contribution >= 4 is 74.6 Å². The molecule has 0 atom stereocenters. The molecule has 0 saturated carbocycles. The van der Waals surface area contributed by atoms with Crippen LogP contribution in [0.4, 0.5) is 4.39 Å². The van der Waals surface area contributed by atoms with Crippen LogP contribution in [-0.2, 0) is 11.8 Å². The first-order valence-corrected chi connectivity index (χ1v) is 6.54. The molecule has 2 heterocycles. The van der Waals surface area contributed by atoms with Gasteiger partial charge >= 0.3 is 51.4 Å². The molecule has 3 rings (SSSR count). The van der Waals surface area contributed by atoms with Crippen molar-refractivity contribution in [3.8, 4) is 5.82 Å². The van der Waals surface area contributed by atoms with E-state index in [0.717, 1.165) is 34.3 Å². The number of aryl methyl sites for hydroxylation is 2. The van der Waals surface area contributed by atoms with E-state index >= 15 is 0 Å². The Bertz CT molecular complexity index is 864. The molecule has 0 fully saturated rings. The zero-order valence-corrected chi connectivity index (χ0v) is 11.7. The van der Waals surface area contributed by atoms with Gasteiger partial charge in [-0.2, -0.15) is 5.10 Å². The SMILES string of the molecule is Cc1nn(C)c(-n2ccc3cc(F)ccc32)c1/C=C/C=O.[KH]. The summed E-state index contributed by atoms with van der Waals surface area (Å²) in [7, 11) is 1.84. The fraction of sp³-hybridized carbons (Fsp3) is 0.125. The molecular formula is C16H15FKN3O. The van der Waals surface area contributed by atoms with Gasteiger partial charge in [0.2, 0.25) is 0 Å². The molecule has 0 amide bonds. The Morgan fingerprint density at radius 1 is 1.27 bits per heavy atom. The molecule has 6 heteroatoms. The van der Waals surface area contributed by atoms with Crippen molar-refractivity contribution in [3.63, 3.8) is 0 Å². The molecule has 0 aliphatic rings. The number of allylic oxidation sites excluding steroid dienone is 1. The van der Waals surface area contributed by atoms with Crippen LogP contribution in [0.1, 0.15) is 11.3 Å². The van der Waals surface area contributed by atoms with Gasteiger partial charge < -0.3 is 4.57 Å². The van der Waals surface area contributed by atoms with E-state index in [1.54, 1.807) is 16.8 Å². The topological polar surface area (TPSA) is 39.8 Å². The van der Waals surface area contributed by atoms with E-state index in [1.807, 2.05) is 30.8 Å². The minimum absolute atomic E-state index is 0. The monoisotopic (exact) mass is 323 g/mol. The number of aromatic nitrogens is 3. The molecule has 1 aromatic carbocycles. The Balaban J connectivity index is 0.00000176. The van der Waals surface area contributed by atoms with Crippen LogP contribution in [0.3, 0.4) is 0 Å². The number of carbonyl (C=O) groups excluding carboxylic acids is 1. The number of fused-ring (bicyclic) bond motifs is 1. The quantitative estimate of drug-likeness (QED) is 0.422. The second-order valence-electron chi connectivity index (χ2n) is 4.83. The number of hydrogen-bond donors (Lipinski definition) is 0. The number of aldehydes is 1. The Hall–Kier alpha value is -1.05. The summed E-state index contributed by atoms with van der Waals surface area (Å²) in [6, 6.07) is 6.52. The maximum atomic E-state index is 13.3. The molecule has 2 aromatic heterocycles. The van der Waals surface area contributed by atoms with Gasteiger partial charge in [-0.05, 0) is 43.3 Å². The Kier molecular flexibility index (Phi) is 5.52. The van der Waals surface area contributed by atoms with Gasteiger partial charge in [0.1, 0.15) is 17.9 Å². The van der Waals surface area contributed by atoms with Crippen LogP contribution in [0.5, 0.6) is 0 Å². The molecule has 0 radical (unpaired) electrons. The van der Waals surface area contributed by atoms with Crippen LogP contribution in [0, 0.1) is 12.7 Å². The first kappa shape index (κ1) is 17.3. The number of benzene rings is 1. The van der Waals surface area contributed by atoms with E-state index in [9.17, 15) is 9.18 Å². The van der Waals surface area contributed by atoms with E-state index in [-0.39, 0.29) is 57.2 Å². The Morgan fingerprint density at radius 2 is 2.05 bits per heavy atom. The van der Waals surface area contributed by atoms with E-state index in [1.165, 1.54) is 18.2 Å². The van der Waals surface area contributed by atoms with Crippen LogP contribution in [0.25, 0.3) is 22.8 Å². The number of carbonyl (C=O) groups is 1. The van der Waals surface area contributed by atoms with Gasteiger partial charge in [-0.1, -0.05) is 0 Å². The van der Waals surface area contributed by atoms with Gasteiger partial charge in [0.15, 0.2) is 0 Å². The number of rotatable bonds is 3. The van der Waals surface area contributed by atoms with Crippen LogP contribution in [0.15, 0.2) is 36.5 Å². The molecule has 0 unspecified atom stereocenters. The first-order valence-electron chi connectivity index (χ1n) is 6.54. The first-order chi connectivity index (χ1) is 10.1. The Morgan fingerprint density at radius 3 is 2.77 bits per heavy atom. The minimum atomic E-state index is -0.262. The van der Waals surface area contributed by atoms with Crippen molar-refractivity contribution in [2.24, 2.45) is 7.05 Å². The van der Waals surface area contributed by atoms with Crippen molar-refractivity contribution in [1.29, 1.82) is 0 Å². The molecule has 0 spiro atoms. The summed E-state index contributed by atoms with van der Waals surface area (Å²) < 4.78 is 17.0. The fourth-order valence-electron chi connectivity index (χ4n) is 2.58. The zero-order valence-electron chi connectivity index (χ0n) is 11.7. The third kappa shape index (κ3) is 3.02. The molecule has 0 aliphatic heterocycles. The average molecular weight is 323 g/mol. The van der Waals surface area contributed by atoms with Gasteiger partial charge in [0, 0.05) is 24.2 Å². The van der Waals surface area contributed by atoms with Crippen LogP contribution < -0.4 is 0 Å². The van der Waals surface area contributed by atoms with E-state index in [2.05, 4.69) is 5.10 Å². The third-order valence-electron chi connectivity index (χ3n) is 3.46. The van der Waals surface area contributed by atoms with Gasteiger partial charge in [-0.25, -0.2) is 4.39 Å². The van der Waals surface area contributed by atoms with Gasteiger partial charge in [-0.15, -0.1) is 0 Å². The number of halogens is 1. The van der Waals surface area contributed by atoms with E-state index in [4.69, 9.17) is 0 Å². The zero-order chi connectivity index (χ0) is 15.0. The summed E-state index contributed by atoms with van der Waals surface area (Å²) in [6.07, 6.45) is 5.79. The van der Waals surface area contributed by atoms with E-state index < -0.39 is 0 Å². The molecule has 22 heavy (non-hydrogen) atoms. The molecule has 0 bridgehead atoms. The summed E-state index contributed by atoms with van der Waals surface area (Å²) in [4.78, 5) is 10.6. The van der Waals surface area contributed by atoms with Crippen molar-refractivity contribution in [3.05, 3.63) is 53.6 Å². The second kappa shape index (κ2) is 7.02. The van der Waals surface area contributed by atoms with Crippen molar-refractivity contribution in [2.45, 2.75) is 6.92 Å². The summed E-state index contributed by atoms with van der Waals surface area (Å²) >= 11 is 0. The number of nitrogens with zero attached hydrogens (tertiary/aromatic N) is 3. The maximum absolute atomic E-state index is 13.3. The molecular weight excluding hydrogens is 308 g/mol. The van der Waals surface area contributed by atoms with Gasteiger partial charge in [0.25, 0.3) is 0 Å². The predicted octanol–water partition coefficient (Wildman–Crippen LogP) is 2.38. The van der Waals surface area contributed by atoms with Crippen LogP contribution in [0.2, 0.25) is 0 Å². The molecule has 0 aliphatic carbocycles. The van der Waals surface area contributed by atoms with Crippen LogP contribution >= 0.6 is 0 Å². The van der Waals surface area contributed by atoms with Crippen molar-refractivity contribution in [1.82, 2.24) is 14.3 Å². The number of hydrogen-bond acceptors (Lipinski definition) is 2. The fourth-order valence-corrected chi connectivity index (χ4v) is 2.58. The second-order valence-corrected chi connectivity index (χ2v) is 4.83. The molecule has 3 aromatic rings. The van der Waals surface area contributed by atoms with Gasteiger partial charge in [-0.3, -0.25) is 9.48 Å². The molecule has 0 N–H and O–H groups in total. The summed E-state index contributed by atoms with van der Waals surface area (Å²) in [5.74, 6) is 0.578. The Labute approximate surface area is 170 Å². The normalized spacial score (nSPS) is 11.0. The van der Waals surface area contributed by atoms with Crippen molar-refractivity contribution < 1.29 is 9.18 Å². The third-order valence-corrected chi connectivity index (χ3v) is 3.46. The summed E-state index contributed by atoms with van der Waals surface area (Å²) in [6.45, 7) is 1.89. The van der Waals surface area contributed by atoms with E-state index in [0.29, 0.717) is 0 Å². The van der Waals surface area contributed by atoms with Crippen LogP contribution in [-0.4, -0.2) is 72.0 Å².